The van der Waals surface area contributed by atoms with Crippen molar-refractivity contribution in [3.63, 3.8) is 0 Å². The molecule has 7 heteroatoms. The number of aryl methyl sites for hydroxylation is 1. The number of piperidine rings is 1. The number of pyridine rings is 2. The summed E-state index contributed by atoms with van der Waals surface area (Å²) in [7, 11) is 0. The van der Waals surface area contributed by atoms with E-state index in [1.165, 1.54) is 25.3 Å². The quantitative estimate of drug-likeness (QED) is 0.671. The van der Waals surface area contributed by atoms with E-state index in [2.05, 4.69) is 42.3 Å². The van der Waals surface area contributed by atoms with E-state index in [0.717, 1.165) is 41.5 Å². The van der Waals surface area contributed by atoms with Gasteiger partial charge in [0.05, 0.1) is 0 Å². The van der Waals surface area contributed by atoms with Gasteiger partial charge in [0, 0.05) is 49.4 Å². The molecule has 1 aliphatic rings. The molecule has 3 aromatic rings. The van der Waals surface area contributed by atoms with Crippen molar-refractivity contribution < 1.29 is 0 Å². The number of aromatic amines is 1. The van der Waals surface area contributed by atoms with Crippen LogP contribution in [0.4, 0.5) is 11.6 Å². The number of nitrogens with zero attached hydrogens (tertiary/aromatic N) is 4. The molecular weight excluding hydrogens is 364 g/mol. The van der Waals surface area contributed by atoms with Crippen LogP contribution in [-0.4, -0.2) is 33.0 Å². The third-order valence-electron chi connectivity index (χ3n) is 5.16. The molecule has 4 heterocycles. The van der Waals surface area contributed by atoms with Crippen LogP contribution in [0.25, 0.3) is 11.4 Å². The summed E-state index contributed by atoms with van der Waals surface area (Å²) in [5, 5.41) is 3.32. The maximum absolute atomic E-state index is 11.8. The van der Waals surface area contributed by atoms with Crippen molar-refractivity contribution in [1.29, 1.82) is 0 Å². The fourth-order valence-corrected chi connectivity index (χ4v) is 3.49. The number of anilines is 2. The molecule has 0 amide bonds. The van der Waals surface area contributed by atoms with Crippen LogP contribution in [0.5, 0.6) is 0 Å². The van der Waals surface area contributed by atoms with Gasteiger partial charge in [0.15, 0.2) is 0 Å². The zero-order chi connectivity index (χ0) is 20.1. The van der Waals surface area contributed by atoms with E-state index >= 15 is 0 Å². The number of hydrogen-bond acceptors (Lipinski definition) is 6. The smallest absolute Gasteiger partial charge is 0.251 e. The molecule has 3 aromatic heterocycles. The van der Waals surface area contributed by atoms with Gasteiger partial charge in [-0.3, -0.25) is 4.79 Å². The van der Waals surface area contributed by atoms with Crippen LogP contribution >= 0.6 is 0 Å². The number of aromatic nitrogens is 4. The Morgan fingerprint density at radius 2 is 1.93 bits per heavy atom. The number of hydrogen-bond donors (Lipinski definition) is 2. The Hall–Kier alpha value is -3.22. The highest BCUT2D eigenvalue weighted by Crippen LogP contribution is 2.18. The minimum absolute atomic E-state index is 0.144. The predicted molar refractivity (Wildman–Crippen MR) is 115 cm³/mol. The van der Waals surface area contributed by atoms with Crippen LogP contribution < -0.4 is 15.8 Å². The van der Waals surface area contributed by atoms with Gasteiger partial charge in [-0.05, 0) is 49.4 Å². The summed E-state index contributed by atoms with van der Waals surface area (Å²) in [6.07, 6.45) is 8.18. The number of H-pyrrole nitrogens is 1. The van der Waals surface area contributed by atoms with Crippen LogP contribution in [-0.2, 0) is 13.0 Å². The Bertz CT molecular complexity index is 991. The van der Waals surface area contributed by atoms with E-state index in [9.17, 15) is 4.79 Å². The van der Waals surface area contributed by atoms with E-state index in [0.29, 0.717) is 18.8 Å². The van der Waals surface area contributed by atoms with Gasteiger partial charge in [0.1, 0.15) is 17.5 Å². The van der Waals surface area contributed by atoms with Crippen LogP contribution in [0.1, 0.15) is 37.4 Å². The Labute approximate surface area is 170 Å². The molecule has 0 aromatic carbocycles. The zero-order valence-electron chi connectivity index (χ0n) is 16.7. The fourth-order valence-electron chi connectivity index (χ4n) is 3.49. The summed E-state index contributed by atoms with van der Waals surface area (Å²) in [4.78, 5) is 30.4. The minimum Gasteiger partial charge on any atom is -0.366 e. The third-order valence-corrected chi connectivity index (χ3v) is 5.16. The summed E-state index contributed by atoms with van der Waals surface area (Å²) in [6.45, 7) is 4.83. The summed E-state index contributed by atoms with van der Waals surface area (Å²) in [5.74, 6) is 2.38. The van der Waals surface area contributed by atoms with Gasteiger partial charge < -0.3 is 15.2 Å². The zero-order valence-corrected chi connectivity index (χ0v) is 16.7. The van der Waals surface area contributed by atoms with Crippen molar-refractivity contribution in [2.75, 3.05) is 23.3 Å². The molecule has 0 saturated carbocycles. The average Bonchev–Trinajstić information content (AvgIpc) is 2.78. The molecule has 0 radical (unpaired) electrons. The first-order chi connectivity index (χ1) is 14.2. The molecule has 0 unspecified atom stereocenters. The van der Waals surface area contributed by atoms with Crippen molar-refractivity contribution in [3.05, 3.63) is 64.3 Å². The fraction of sp³-hybridized carbons (Fsp3) is 0.364. The maximum Gasteiger partial charge on any atom is 0.251 e. The van der Waals surface area contributed by atoms with Crippen molar-refractivity contribution in [2.45, 2.75) is 39.2 Å². The van der Waals surface area contributed by atoms with Crippen LogP contribution in [0.3, 0.4) is 0 Å². The second-order valence-electron chi connectivity index (χ2n) is 7.30. The Morgan fingerprint density at radius 3 is 2.62 bits per heavy atom. The first-order valence-electron chi connectivity index (χ1n) is 10.2. The van der Waals surface area contributed by atoms with Crippen molar-refractivity contribution >= 4 is 11.6 Å². The van der Waals surface area contributed by atoms with Crippen LogP contribution in [0.15, 0.2) is 47.5 Å². The first-order valence-corrected chi connectivity index (χ1v) is 10.2. The number of rotatable bonds is 6. The van der Waals surface area contributed by atoms with Gasteiger partial charge in [-0.15, -0.1) is 0 Å². The van der Waals surface area contributed by atoms with E-state index in [4.69, 9.17) is 0 Å². The molecule has 1 aliphatic heterocycles. The lowest BCUT2D eigenvalue weighted by Gasteiger charge is -2.27. The third kappa shape index (κ3) is 4.80. The van der Waals surface area contributed by atoms with Gasteiger partial charge in [-0.2, -0.15) is 0 Å². The molecule has 0 bridgehead atoms. The largest absolute Gasteiger partial charge is 0.366 e. The highest BCUT2D eigenvalue weighted by atomic mass is 16.1. The summed E-state index contributed by atoms with van der Waals surface area (Å²) >= 11 is 0. The first kappa shape index (κ1) is 19.1. The van der Waals surface area contributed by atoms with Crippen molar-refractivity contribution in [2.24, 2.45) is 0 Å². The molecule has 0 atom stereocenters. The lowest BCUT2D eigenvalue weighted by Crippen LogP contribution is -2.30. The van der Waals surface area contributed by atoms with Crippen LogP contribution in [0, 0.1) is 0 Å². The Kier molecular flexibility index (Phi) is 5.84. The molecule has 0 aliphatic carbocycles. The molecule has 7 nitrogen and oxygen atoms in total. The predicted octanol–water partition coefficient (Wildman–Crippen LogP) is 3.39. The summed E-state index contributed by atoms with van der Waals surface area (Å²) in [6, 6.07) is 9.54. The van der Waals surface area contributed by atoms with Gasteiger partial charge in [-0.1, -0.05) is 13.0 Å². The SMILES string of the molecule is CCc1cc(=O)[nH]c(-c2ccc(NCc3ccc(N4CCCCC4)nc3)nc2)n1. The summed E-state index contributed by atoms with van der Waals surface area (Å²) < 4.78 is 0. The lowest BCUT2D eigenvalue weighted by molar-refractivity contribution is 0.573. The minimum atomic E-state index is -0.144. The topological polar surface area (TPSA) is 86.8 Å². The van der Waals surface area contributed by atoms with Crippen LogP contribution in [0.2, 0.25) is 0 Å². The second kappa shape index (κ2) is 8.86. The standard InChI is InChI=1S/C22H26N6O/c1-2-18-12-21(29)27-22(26-18)17-7-8-19(24-15-17)23-13-16-6-9-20(25-14-16)28-10-4-3-5-11-28/h6-9,12,14-15H,2-5,10-11,13H2,1H3,(H,23,24)(H,26,27,29). The van der Waals surface area contributed by atoms with E-state index in [1.807, 2.05) is 25.3 Å². The van der Waals surface area contributed by atoms with Gasteiger partial charge in [-0.25, -0.2) is 15.0 Å². The lowest BCUT2D eigenvalue weighted by atomic mass is 10.1. The van der Waals surface area contributed by atoms with Crippen molar-refractivity contribution in [1.82, 2.24) is 19.9 Å². The second-order valence-corrected chi connectivity index (χ2v) is 7.30. The Balaban J connectivity index is 1.38. The highest BCUT2D eigenvalue weighted by Gasteiger charge is 2.11. The molecule has 1 saturated heterocycles. The highest BCUT2D eigenvalue weighted by molar-refractivity contribution is 5.56. The summed E-state index contributed by atoms with van der Waals surface area (Å²) in [5.41, 5.74) is 2.52. The molecule has 0 spiro atoms. The molecule has 150 valence electrons. The molecule has 4 rings (SSSR count). The molecular formula is C22H26N6O. The normalized spacial score (nSPS) is 14.0. The number of nitrogens with one attached hydrogen (secondary N) is 2. The molecule has 1 fully saturated rings. The molecule has 29 heavy (non-hydrogen) atoms. The van der Waals surface area contributed by atoms with Gasteiger partial charge >= 0.3 is 0 Å². The Morgan fingerprint density at radius 1 is 1.07 bits per heavy atom. The maximum atomic E-state index is 11.8. The van der Waals surface area contributed by atoms with E-state index in [1.54, 1.807) is 6.20 Å². The van der Waals surface area contributed by atoms with E-state index < -0.39 is 0 Å². The van der Waals surface area contributed by atoms with Crippen molar-refractivity contribution in [3.8, 4) is 11.4 Å². The van der Waals surface area contributed by atoms with E-state index in [-0.39, 0.29) is 5.56 Å². The average molecular weight is 390 g/mol. The van der Waals surface area contributed by atoms with Gasteiger partial charge in [0.25, 0.3) is 5.56 Å². The molecule has 2 N–H and O–H groups in total. The van der Waals surface area contributed by atoms with Gasteiger partial charge in [0.2, 0.25) is 0 Å². The monoisotopic (exact) mass is 390 g/mol.